The van der Waals surface area contributed by atoms with Crippen LogP contribution in [0, 0.1) is 5.92 Å². The van der Waals surface area contributed by atoms with E-state index in [2.05, 4.69) is 49.3 Å². The van der Waals surface area contributed by atoms with Gasteiger partial charge in [0.25, 0.3) is 0 Å². The third kappa shape index (κ3) is 7.80. The lowest BCUT2D eigenvalue weighted by Crippen LogP contribution is -2.03. The second-order valence-corrected chi connectivity index (χ2v) is 5.12. The lowest BCUT2D eigenvalue weighted by molar-refractivity contribution is 0.680. The van der Waals surface area contributed by atoms with Gasteiger partial charge >= 0.3 is 0 Å². The summed E-state index contributed by atoms with van der Waals surface area (Å²) in [5, 5.41) is 0. The summed E-state index contributed by atoms with van der Waals surface area (Å²) in [4.78, 5) is 4.58. The van der Waals surface area contributed by atoms with E-state index >= 15 is 0 Å². The lowest BCUT2D eigenvalue weighted by Gasteiger charge is -2.12. The van der Waals surface area contributed by atoms with Crippen LogP contribution in [-0.2, 0) is 6.42 Å². The highest BCUT2D eigenvalue weighted by Gasteiger charge is 2.08. The Balaban J connectivity index is 0.00000134. The molecule has 1 heterocycles. The summed E-state index contributed by atoms with van der Waals surface area (Å²) in [6, 6.07) is 14.5. The standard InChI is InChI=1S/C20H21N.2C2H6/c1-4-9-17(5-2)16(3)14-20-13-12-19(15-21-20)18-10-7-6-8-11-18;2*1-2/h4-13,15-16H,1-2,14H2,3H3;2*1-2H3/b17-9+;;. The van der Waals surface area contributed by atoms with Gasteiger partial charge in [0.1, 0.15) is 0 Å². The fraction of sp³-hybridized carbons (Fsp3) is 0.292. The van der Waals surface area contributed by atoms with Crippen molar-refractivity contribution in [2.75, 3.05) is 0 Å². The molecule has 0 aliphatic heterocycles. The van der Waals surface area contributed by atoms with Gasteiger partial charge in [0.2, 0.25) is 0 Å². The van der Waals surface area contributed by atoms with E-state index in [0.29, 0.717) is 5.92 Å². The second kappa shape index (κ2) is 14.0. The highest BCUT2D eigenvalue weighted by Crippen LogP contribution is 2.20. The summed E-state index contributed by atoms with van der Waals surface area (Å²) in [5.74, 6) is 0.385. The summed E-state index contributed by atoms with van der Waals surface area (Å²) in [7, 11) is 0. The SMILES string of the molecule is C=C/C=C(\C=C)C(C)Cc1ccc(-c2ccccc2)cn1.CC.CC. The van der Waals surface area contributed by atoms with Crippen molar-refractivity contribution in [3.8, 4) is 11.1 Å². The highest BCUT2D eigenvalue weighted by atomic mass is 14.7. The van der Waals surface area contributed by atoms with Crippen LogP contribution in [0.2, 0.25) is 0 Å². The third-order valence-electron chi connectivity index (χ3n) is 3.56. The first kappa shape index (κ1) is 22.6. The van der Waals surface area contributed by atoms with E-state index in [1.807, 2.05) is 64.2 Å². The van der Waals surface area contributed by atoms with Crippen LogP contribution in [0.25, 0.3) is 11.1 Å². The summed E-state index contributed by atoms with van der Waals surface area (Å²) in [5.41, 5.74) is 4.64. The maximum Gasteiger partial charge on any atom is 0.0410 e. The summed E-state index contributed by atoms with van der Waals surface area (Å²) < 4.78 is 0. The Bertz CT molecular complexity index is 621. The van der Waals surface area contributed by atoms with Gasteiger partial charge < -0.3 is 0 Å². The molecule has 2 aromatic rings. The Hall–Kier alpha value is -2.41. The van der Waals surface area contributed by atoms with Gasteiger partial charge in [0, 0.05) is 17.5 Å². The zero-order valence-corrected chi connectivity index (χ0v) is 16.5. The van der Waals surface area contributed by atoms with Gasteiger partial charge in [-0.05, 0) is 29.5 Å². The molecule has 1 aromatic carbocycles. The molecule has 0 aliphatic rings. The number of benzene rings is 1. The fourth-order valence-corrected chi connectivity index (χ4v) is 2.35. The molecule has 1 unspecified atom stereocenters. The normalized spacial score (nSPS) is 11.2. The molecule has 25 heavy (non-hydrogen) atoms. The molecule has 1 atom stereocenters. The largest absolute Gasteiger partial charge is 0.261 e. The van der Waals surface area contributed by atoms with Gasteiger partial charge in [-0.1, -0.05) is 102 Å². The zero-order valence-electron chi connectivity index (χ0n) is 16.5. The van der Waals surface area contributed by atoms with E-state index in [1.54, 1.807) is 6.08 Å². The van der Waals surface area contributed by atoms with Crippen LogP contribution in [-0.4, -0.2) is 4.98 Å². The van der Waals surface area contributed by atoms with Crippen molar-refractivity contribution < 1.29 is 0 Å². The Labute approximate surface area is 154 Å². The van der Waals surface area contributed by atoms with Gasteiger partial charge in [-0.15, -0.1) is 0 Å². The van der Waals surface area contributed by atoms with E-state index in [-0.39, 0.29) is 0 Å². The van der Waals surface area contributed by atoms with Crippen molar-refractivity contribution in [1.82, 2.24) is 4.98 Å². The average molecular weight is 336 g/mol. The highest BCUT2D eigenvalue weighted by molar-refractivity contribution is 5.62. The summed E-state index contributed by atoms with van der Waals surface area (Å²) in [6.07, 6.45) is 8.56. The molecular weight excluding hydrogens is 302 g/mol. The number of nitrogens with zero attached hydrogens (tertiary/aromatic N) is 1. The van der Waals surface area contributed by atoms with E-state index in [4.69, 9.17) is 0 Å². The van der Waals surface area contributed by atoms with Gasteiger partial charge in [-0.25, -0.2) is 0 Å². The first-order chi connectivity index (χ1) is 12.2. The van der Waals surface area contributed by atoms with Crippen LogP contribution in [0.5, 0.6) is 0 Å². The smallest absolute Gasteiger partial charge is 0.0410 e. The molecule has 0 N–H and O–H groups in total. The summed E-state index contributed by atoms with van der Waals surface area (Å²) in [6.45, 7) is 17.8. The second-order valence-electron chi connectivity index (χ2n) is 5.12. The fourth-order valence-electron chi connectivity index (χ4n) is 2.35. The predicted octanol–water partition coefficient (Wildman–Crippen LogP) is 7.28. The van der Waals surface area contributed by atoms with Crippen molar-refractivity contribution in [2.45, 2.75) is 41.0 Å². The molecule has 0 spiro atoms. The van der Waals surface area contributed by atoms with Crippen molar-refractivity contribution in [2.24, 2.45) is 5.92 Å². The molecule has 1 heteroatoms. The van der Waals surface area contributed by atoms with Crippen molar-refractivity contribution in [3.63, 3.8) is 0 Å². The lowest BCUT2D eigenvalue weighted by atomic mass is 9.95. The van der Waals surface area contributed by atoms with Crippen molar-refractivity contribution in [3.05, 3.63) is 91.3 Å². The number of hydrogen-bond acceptors (Lipinski definition) is 1. The van der Waals surface area contributed by atoms with Gasteiger partial charge in [0.05, 0.1) is 0 Å². The Morgan fingerprint density at radius 2 is 1.60 bits per heavy atom. The Morgan fingerprint density at radius 3 is 2.08 bits per heavy atom. The van der Waals surface area contributed by atoms with Crippen LogP contribution >= 0.6 is 0 Å². The van der Waals surface area contributed by atoms with Crippen molar-refractivity contribution >= 4 is 0 Å². The van der Waals surface area contributed by atoms with Crippen LogP contribution in [0.4, 0.5) is 0 Å². The van der Waals surface area contributed by atoms with E-state index in [0.717, 1.165) is 17.7 Å². The molecule has 0 amide bonds. The minimum Gasteiger partial charge on any atom is -0.261 e. The number of rotatable bonds is 6. The third-order valence-corrected chi connectivity index (χ3v) is 3.56. The minimum atomic E-state index is 0.385. The molecule has 1 nitrogen and oxygen atoms in total. The van der Waals surface area contributed by atoms with Crippen LogP contribution in [0.15, 0.2) is 85.6 Å². The molecule has 1 aromatic heterocycles. The molecule has 0 saturated carbocycles. The number of aromatic nitrogens is 1. The maximum absolute atomic E-state index is 4.58. The first-order valence-electron chi connectivity index (χ1n) is 9.20. The molecule has 0 bridgehead atoms. The van der Waals surface area contributed by atoms with Crippen LogP contribution < -0.4 is 0 Å². The zero-order chi connectivity index (χ0) is 19.1. The number of pyridine rings is 1. The topological polar surface area (TPSA) is 12.9 Å². The quantitative estimate of drug-likeness (QED) is 0.505. The minimum absolute atomic E-state index is 0.385. The van der Waals surface area contributed by atoms with E-state index in [9.17, 15) is 0 Å². The molecule has 0 saturated heterocycles. The molecule has 2 rings (SSSR count). The van der Waals surface area contributed by atoms with Crippen LogP contribution in [0.1, 0.15) is 40.3 Å². The Morgan fingerprint density at radius 1 is 0.960 bits per heavy atom. The molecule has 0 aliphatic carbocycles. The monoisotopic (exact) mass is 335 g/mol. The number of hydrogen-bond donors (Lipinski definition) is 0. The van der Waals surface area contributed by atoms with E-state index < -0.39 is 0 Å². The summed E-state index contributed by atoms with van der Waals surface area (Å²) >= 11 is 0. The average Bonchev–Trinajstić information content (AvgIpc) is 2.70. The maximum atomic E-state index is 4.58. The number of allylic oxidation sites excluding steroid dienone is 4. The molecule has 0 fully saturated rings. The Kier molecular flexibility index (Phi) is 12.6. The first-order valence-corrected chi connectivity index (χ1v) is 9.20. The van der Waals surface area contributed by atoms with Gasteiger partial charge in [-0.2, -0.15) is 0 Å². The van der Waals surface area contributed by atoms with E-state index in [1.165, 1.54) is 11.1 Å². The molecule has 134 valence electrons. The van der Waals surface area contributed by atoms with Crippen molar-refractivity contribution in [1.29, 1.82) is 0 Å². The predicted molar refractivity (Wildman–Crippen MR) is 114 cm³/mol. The molecular formula is C24H33N. The van der Waals surface area contributed by atoms with Gasteiger partial charge in [-0.3, -0.25) is 4.98 Å². The van der Waals surface area contributed by atoms with Crippen LogP contribution in [0.3, 0.4) is 0 Å². The molecule has 0 radical (unpaired) electrons. The van der Waals surface area contributed by atoms with Gasteiger partial charge in [0.15, 0.2) is 0 Å².